The van der Waals surface area contributed by atoms with E-state index in [1.807, 2.05) is 42.5 Å². The maximum absolute atomic E-state index is 12.3. The average Bonchev–Trinajstić information content (AvgIpc) is 2.70. The first-order valence-electron chi connectivity index (χ1n) is 8.23. The normalized spacial score (nSPS) is 11.7. The van der Waals surface area contributed by atoms with Gasteiger partial charge < -0.3 is 14.8 Å². The van der Waals surface area contributed by atoms with E-state index in [-0.39, 0.29) is 12.3 Å². The van der Waals surface area contributed by atoms with Crippen molar-refractivity contribution in [2.45, 2.75) is 9.79 Å². The zero-order chi connectivity index (χ0) is 17.9. The van der Waals surface area contributed by atoms with E-state index >= 15 is 0 Å². The van der Waals surface area contributed by atoms with Crippen LogP contribution in [0.4, 0.5) is 5.69 Å². The van der Waals surface area contributed by atoms with Crippen LogP contribution in [0.15, 0.2) is 76.5 Å². The first-order chi connectivity index (χ1) is 12.7. The van der Waals surface area contributed by atoms with Crippen LogP contribution >= 0.6 is 11.8 Å². The first kappa shape index (κ1) is 16.5. The van der Waals surface area contributed by atoms with Crippen LogP contribution in [-0.2, 0) is 0 Å². The molecule has 0 bridgehead atoms. The third-order valence-corrected chi connectivity index (χ3v) is 5.19. The molecule has 0 spiro atoms. The number of hydrogen-bond donors (Lipinski definition) is 1. The van der Waals surface area contributed by atoms with E-state index in [0.717, 1.165) is 32.7 Å². The van der Waals surface area contributed by atoms with Crippen molar-refractivity contribution in [3.05, 3.63) is 72.3 Å². The summed E-state index contributed by atoms with van der Waals surface area (Å²) in [5, 5.41) is 3.20. The van der Waals surface area contributed by atoms with E-state index in [1.54, 1.807) is 43.1 Å². The zero-order valence-electron chi connectivity index (χ0n) is 14.2. The van der Waals surface area contributed by atoms with E-state index in [0.29, 0.717) is 5.56 Å². The highest BCUT2D eigenvalue weighted by Gasteiger charge is 2.17. The van der Waals surface area contributed by atoms with Gasteiger partial charge in [-0.05, 0) is 54.6 Å². The monoisotopic (exact) mass is 363 g/mol. The van der Waals surface area contributed by atoms with Crippen LogP contribution in [0, 0.1) is 0 Å². The van der Waals surface area contributed by atoms with Gasteiger partial charge in [0, 0.05) is 11.3 Å². The van der Waals surface area contributed by atoms with Crippen LogP contribution in [0.3, 0.4) is 0 Å². The van der Waals surface area contributed by atoms with Gasteiger partial charge in [0.05, 0.1) is 23.4 Å². The highest BCUT2D eigenvalue weighted by atomic mass is 32.2. The minimum atomic E-state index is 0.0274. The molecule has 0 saturated heterocycles. The van der Waals surface area contributed by atoms with Crippen LogP contribution in [-0.4, -0.2) is 19.4 Å². The third-order valence-electron chi connectivity index (χ3n) is 4.10. The van der Waals surface area contributed by atoms with Gasteiger partial charge in [-0.2, -0.15) is 0 Å². The number of hydrogen-bond acceptors (Lipinski definition) is 5. The number of fused-ring (bicyclic) bond motifs is 2. The molecule has 0 unspecified atom stereocenters. The highest BCUT2D eigenvalue weighted by molar-refractivity contribution is 7.99. The van der Waals surface area contributed by atoms with Gasteiger partial charge in [-0.25, -0.2) is 0 Å². The second-order valence-electron chi connectivity index (χ2n) is 5.82. The number of para-hydroxylation sites is 1. The lowest BCUT2D eigenvalue weighted by Crippen LogP contribution is -2.14. The molecule has 0 radical (unpaired) electrons. The number of anilines is 1. The SMILES string of the molecule is COc1ccc(C(=O)CNc2ccc3c(c2)Sc2ccccc2O3)cc1. The number of ether oxygens (including phenoxy) is 2. The number of Topliss-reactive ketones (excluding diaryl/α,β-unsaturated/α-hetero) is 1. The van der Waals surface area contributed by atoms with Gasteiger partial charge in [-0.15, -0.1) is 0 Å². The van der Waals surface area contributed by atoms with Crippen LogP contribution in [0.2, 0.25) is 0 Å². The number of nitrogens with one attached hydrogen (secondary N) is 1. The van der Waals surface area contributed by atoms with Crippen molar-refractivity contribution in [3.63, 3.8) is 0 Å². The fourth-order valence-corrected chi connectivity index (χ4v) is 3.69. The molecule has 0 aromatic heterocycles. The lowest BCUT2D eigenvalue weighted by Gasteiger charge is -2.20. The summed E-state index contributed by atoms with van der Waals surface area (Å²) in [6.07, 6.45) is 0. The molecule has 0 amide bonds. The molecule has 1 aliphatic heterocycles. The van der Waals surface area contributed by atoms with Crippen LogP contribution in [0.1, 0.15) is 10.4 Å². The Morgan fingerprint density at radius 1 is 1.00 bits per heavy atom. The van der Waals surface area contributed by atoms with E-state index in [4.69, 9.17) is 9.47 Å². The Bertz CT molecular complexity index is 954. The van der Waals surface area contributed by atoms with E-state index in [2.05, 4.69) is 5.32 Å². The molecule has 4 nitrogen and oxygen atoms in total. The number of carbonyl (C=O) groups is 1. The molecular weight excluding hydrogens is 346 g/mol. The highest BCUT2D eigenvalue weighted by Crippen LogP contribution is 2.47. The smallest absolute Gasteiger partial charge is 0.181 e. The van der Waals surface area contributed by atoms with Crippen molar-refractivity contribution >= 4 is 23.2 Å². The van der Waals surface area contributed by atoms with E-state index in [9.17, 15) is 4.79 Å². The van der Waals surface area contributed by atoms with Crippen molar-refractivity contribution in [2.24, 2.45) is 0 Å². The minimum absolute atomic E-state index is 0.0274. The maximum atomic E-state index is 12.3. The average molecular weight is 363 g/mol. The van der Waals surface area contributed by atoms with Gasteiger partial charge in [0.25, 0.3) is 0 Å². The molecule has 4 rings (SSSR count). The molecule has 0 aliphatic carbocycles. The molecule has 130 valence electrons. The van der Waals surface area contributed by atoms with E-state index < -0.39 is 0 Å². The summed E-state index contributed by atoms with van der Waals surface area (Å²) in [6, 6.07) is 21.0. The van der Waals surface area contributed by atoms with Gasteiger partial charge >= 0.3 is 0 Å². The van der Waals surface area contributed by atoms with Gasteiger partial charge in [-0.1, -0.05) is 23.9 Å². The maximum Gasteiger partial charge on any atom is 0.181 e. The summed E-state index contributed by atoms with van der Waals surface area (Å²) < 4.78 is 11.0. The second kappa shape index (κ2) is 7.14. The van der Waals surface area contributed by atoms with Crippen molar-refractivity contribution in [3.8, 4) is 17.2 Å². The molecule has 26 heavy (non-hydrogen) atoms. The van der Waals surface area contributed by atoms with Crippen molar-refractivity contribution in [1.82, 2.24) is 0 Å². The summed E-state index contributed by atoms with van der Waals surface area (Å²) in [6.45, 7) is 0.229. The molecule has 3 aromatic rings. The molecule has 0 saturated carbocycles. The minimum Gasteiger partial charge on any atom is -0.497 e. The van der Waals surface area contributed by atoms with Crippen molar-refractivity contribution in [1.29, 1.82) is 0 Å². The quantitative estimate of drug-likeness (QED) is 0.491. The van der Waals surface area contributed by atoms with Crippen molar-refractivity contribution in [2.75, 3.05) is 19.0 Å². The number of ketones is 1. The fraction of sp³-hybridized carbons (Fsp3) is 0.0952. The van der Waals surface area contributed by atoms with Gasteiger partial charge in [0.1, 0.15) is 17.2 Å². The Morgan fingerprint density at radius 3 is 2.58 bits per heavy atom. The topological polar surface area (TPSA) is 47.6 Å². The number of rotatable bonds is 5. The van der Waals surface area contributed by atoms with Crippen LogP contribution in [0.5, 0.6) is 17.2 Å². The summed E-state index contributed by atoms with van der Waals surface area (Å²) >= 11 is 1.67. The fourth-order valence-electron chi connectivity index (χ4n) is 2.70. The Labute approximate surface area is 156 Å². The summed E-state index contributed by atoms with van der Waals surface area (Å²) in [5.74, 6) is 2.47. The van der Waals surface area contributed by atoms with Crippen LogP contribution < -0.4 is 14.8 Å². The molecule has 5 heteroatoms. The summed E-state index contributed by atoms with van der Waals surface area (Å²) in [7, 11) is 1.61. The molecule has 0 atom stereocenters. The molecular formula is C21H17NO3S. The molecule has 1 heterocycles. The Balaban J connectivity index is 1.44. The predicted molar refractivity (Wildman–Crippen MR) is 103 cm³/mol. The molecule has 1 N–H and O–H groups in total. The largest absolute Gasteiger partial charge is 0.497 e. The van der Waals surface area contributed by atoms with E-state index in [1.165, 1.54) is 0 Å². The van der Waals surface area contributed by atoms with Gasteiger partial charge in [-0.3, -0.25) is 4.79 Å². The Morgan fingerprint density at radius 2 is 1.77 bits per heavy atom. The van der Waals surface area contributed by atoms with Gasteiger partial charge in [0.15, 0.2) is 5.78 Å². The van der Waals surface area contributed by atoms with Crippen LogP contribution in [0.25, 0.3) is 0 Å². The van der Waals surface area contributed by atoms with Crippen molar-refractivity contribution < 1.29 is 14.3 Å². The molecule has 3 aromatic carbocycles. The lowest BCUT2D eigenvalue weighted by molar-refractivity contribution is 0.101. The third kappa shape index (κ3) is 3.39. The number of benzene rings is 3. The number of carbonyl (C=O) groups excluding carboxylic acids is 1. The number of methoxy groups -OCH3 is 1. The molecule has 0 fully saturated rings. The second-order valence-corrected chi connectivity index (χ2v) is 6.90. The zero-order valence-corrected chi connectivity index (χ0v) is 15.0. The van der Waals surface area contributed by atoms with Gasteiger partial charge in [0.2, 0.25) is 0 Å². The lowest BCUT2D eigenvalue weighted by atomic mass is 10.1. The Kier molecular flexibility index (Phi) is 4.54. The Hall–Kier alpha value is -2.92. The standard InChI is InChI=1S/C21H17NO3S/c1-24-16-9-6-14(7-10-16)17(23)13-22-15-8-11-19-21(12-15)26-20-5-3-2-4-18(20)25-19/h2-12,22H,13H2,1H3. The predicted octanol–water partition coefficient (Wildman–Crippen LogP) is 5.25. The summed E-state index contributed by atoms with van der Waals surface area (Å²) in [5.41, 5.74) is 1.55. The molecule has 1 aliphatic rings. The first-order valence-corrected chi connectivity index (χ1v) is 9.04. The summed E-state index contributed by atoms with van der Waals surface area (Å²) in [4.78, 5) is 14.5.